The van der Waals surface area contributed by atoms with Crippen LogP contribution in [0.3, 0.4) is 0 Å². The van der Waals surface area contributed by atoms with Gasteiger partial charge in [-0.1, -0.05) is 17.7 Å². The summed E-state index contributed by atoms with van der Waals surface area (Å²) in [5.41, 5.74) is 1.53. The molecule has 0 bridgehead atoms. The monoisotopic (exact) mass is 452 g/mol. The van der Waals surface area contributed by atoms with Crippen LogP contribution in [0.4, 0.5) is 10.3 Å². The third-order valence-electron chi connectivity index (χ3n) is 4.38. The second-order valence-electron chi connectivity index (χ2n) is 7.08. The number of hydrogen-bond donors (Lipinski definition) is 3. The molecule has 1 atom stereocenters. The number of rotatable bonds is 8. The van der Waals surface area contributed by atoms with Gasteiger partial charge in [0.2, 0.25) is 5.95 Å². The summed E-state index contributed by atoms with van der Waals surface area (Å²) in [7, 11) is 1.45. The Morgan fingerprint density at radius 2 is 2.16 bits per heavy atom. The largest absolute Gasteiger partial charge is 0.389 e. The van der Waals surface area contributed by atoms with Crippen LogP contribution in [-0.4, -0.2) is 49.2 Å². The van der Waals surface area contributed by atoms with Crippen molar-refractivity contribution in [2.75, 3.05) is 12.0 Å². The van der Waals surface area contributed by atoms with Crippen LogP contribution in [0.15, 0.2) is 32.9 Å². The number of H-pyrrole nitrogens is 1. The van der Waals surface area contributed by atoms with Gasteiger partial charge < -0.3 is 14.4 Å². The molecule has 0 radical (unpaired) electrons. The molecule has 0 saturated carbocycles. The minimum atomic E-state index is -0.970. The number of aliphatic hydroxyl groups excluding tert-OH is 1. The highest BCUT2D eigenvalue weighted by Gasteiger charge is 2.20. The summed E-state index contributed by atoms with van der Waals surface area (Å²) in [6.45, 7) is 3.61. The number of benzene rings is 1. The number of aromatic nitrogens is 4. The molecule has 1 aromatic carbocycles. The molecule has 166 valence electrons. The van der Waals surface area contributed by atoms with Crippen LogP contribution in [0.5, 0.6) is 0 Å². The van der Waals surface area contributed by atoms with E-state index < -0.39 is 23.2 Å². The first kappa shape index (κ1) is 22.7. The Morgan fingerprint density at radius 3 is 2.84 bits per heavy atom. The van der Waals surface area contributed by atoms with Gasteiger partial charge in [0.15, 0.2) is 11.2 Å². The number of halogens is 2. The third-order valence-corrected chi connectivity index (χ3v) is 4.71. The summed E-state index contributed by atoms with van der Waals surface area (Å²) >= 11 is 5.98. The lowest BCUT2D eigenvalue weighted by atomic mass is 10.2. The average molecular weight is 453 g/mol. The number of fused-ring (bicyclic) bond motifs is 1. The van der Waals surface area contributed by atoms with Gasteiger partial charge in [-0.25, -0.2) is 14.6 Å². The van der Waals surface area contributed by atoms with E-state index >= 15 is 0 Å². The highest BCUT2D eigenvalue weighted by molar-refractivity contribution is 6.33. The summed E-state index contributed by atoms with van der Waals surface area (Å²) in [4.78, 5) is 30.8. The van der Waals surface area contributed by atoms with Crippen molar-refractivity contribution in [3.8, 4) is 0 Å². The predicted molar refractivity (Wildman–Crippen MR) is 115 cm³/mol. The van der Waals surface area contributed by atoms with Crippen molar-refractivity contribution in [2.24, 2.45) is 12.1 Å². The first-order chi connectivity index (χ1) is 14.7. The molecule has 3 aromatic rings. The summed E-state index contributed by atoms with van der Waals surface area (Å²) in [5.74, 6) is -0.499. The maximum absolute atomic E-state index is 13.9. The topological polar surface area (TPSA) is 127 Å². The van der Waals surface area contributed by atoms with Gasteiger partial charge in [0.25, 0.3) is 5.56 Å². The van der Waals surface area contributed by atoms with Gasteiger partial charge >= 0.3 is 5.69 Å². The van der Waals surface area contributed by atoms with Gasteiger partial charge in [0, 0.05) is 12.6 Å². The van der Waals surface area contributed by atoms with Crippen molar-refractivity contribution >= 4 is 34.9 Å². The lowest BCUT2D eigenvalue weighted by molar-refractivity contribution is -0.000105. The standard InChI is InChI=1S/C19H22ClFN6O4/c1-10(2)31-9-11(28)8-27-15-16(26(3)19(30)24-17(15)29)23-18(27)25-22-7-12-13(20)5-4-6-14(12)21/h4-7,10-11,28H,8-9H2,1-3H3,(H,23,25)(H,24,29,30)/b22-7-/t11-/m1/s1. The molecule has 12 heteroatoms. The van der Waals surface area contributed by atoms with E-state index in [1.165, 1.54) is 36.0 Å². The molecule has 2 aromatic heterocycles. The van der Waals surface area contributed by atoms with Crippen LogP contribution >= 0.6 is 11.6 Å². The van der Waals surface area contributed by atoms with E-state index in [2.05, 4.69) is 20.5 Å². The SMILES string of the molecule is CC(C)OC[C@H](O)Cn1c(N/N=C\c2c(F)cccc2Cl)nc2c1c(=O)[nH]c(=O)n2C. The average Bonchev–Trinajstić information content (AvgIpc) is 3.05. The lowest BCUT2D eigenvalue weighted by Crippen LogP contribution is -2.30. The first-order valence-electron chi connectivity index (χ1n) is 9.41. The fourth-order valence-corrected chi connectivity index (χ4v) is 3.07. The Morgan fingerprint density at radius 1 is 1.42 bits per heavy atom. The minimum Gasteiger partial charge on any atom is -0.389 e. The molecule has 0 saturated heterocycles. The van der Waals surface area contributed by atoms with E-state index in [1.807, 2.05) is 13.8 Å². The third kappa shape index (κ3) is 5.01. The number of anilines is 1. The Bertz CT molecular complexity index is 1210. The van der Waals surface area contributed by atoms with Crippen LogP contribution in [0, 0.1) is 5.82 Å². The minimum absolute atomic E-state index is 0.0224. The molecule has 0 spiro atoms. The Hall–Kier alpha value is -3.02. The van der Waals surface area contributed by atoms with Crippen molar-refractivity contribution < 1.29 is 14.2 Å². The molecule has 10 nitrogen and oxygen atoms in total. The predicted octanol–water partition coefficient (Wildman–Crippen LogP) is 1.45. The van der Waals surface area contributed by atoms with E-state index in [1.54, 1.807) is 0 Å². The zero-order valence-electron chi connectivity index (χ0n) is 17.1. The maximum Gasteiger partial charge on any atom is 0.329 e. The quantitative estimate of drug-likeness (QED) is 0.351. The molecule has 3 rings (SSSR count). The van der Waals surface area contributed by atoms with Gasteiger partial charge in [0.1, 0.15) is 5.82 Å². The smallest absolute Gasteiger partial charge is 0.329 e. The molecule has 31 heavy (non-hydrogen) atoms. The zero-order valence-corrected chi connectivity index (χ0v) is 17.9. The number of ether oxygens (including phenoxy) is 1. The first-order valence-corrected chi connectivity index (χ1v) is 9.79. The highest BCUT2D eigenvalue weighted by Crippen LogP contribution is 2.18. The molecule has 0 aliphatic heterocycles. The second-order valence-corrected chi connectivity index (χ2v) is 7.48. The van der Waals surface area contributed by atoms with Crippen molar-refractivity contribution in [1.29, 1.82) is 0 Å². The Labute approximate surface area is 180 Å². The van der Waals surface area contributed by atoms with Crippen molar-refractivity contribution in [1.82, 2.24) is 19.1 Å². The highest BCUT2D eigenvalue weighted by atomic mass is 35.5. The maximum atomic E-state index is 13.9. The molecular weight excluding hydrogens is 431 g/mol. The number of hydrazone groups is 1. The van der Waals surface area contributed by atoms with Crippen LogP contribution in [-0.2, 0) is 18.3 Å². The number of nitrogens with zero attached hydrogens (tertiary/aromatic N) is 4. The normalized spacial score (nSPS) is 12.9. The number of hydrogen-bond acceptors (Lipinski definition) is 7. The van der Waals surface area contributed by atoms with Crippen LogP contribution in [0.2, 0.25) is 5.02 Å². The van der Waals surface area contributed by atoms with E-state index in [0.29, 0.717) is 0 Å². The van der Waals surface area contributed by atoms with Crippen molar-refractivity contribution in [3.05, 3.63) is 55.4 Å². The van der Waals surface area contributed by atoms with Crippen molar-refractivity contribution in [3.63, 3.8) is 0 Å². The van der Waals surface area contributed by atoms with Crippen molar-refractivity contribution in [2.45, 2.75) is 32.6 Å². The summed E-state index contributed by atoms with van der Waals surface area (Å²) in [6.07, 6.45) is 0.108. The van der Waals surface area contributed by atoms with E-state index in [0.717, 1.165) is 4.57 Å². The van der Waals surface area contributed by atoms with Gasteiger partial charge in [-0.2, -0.15) is 10.1 Å². The molecule has 3 N–H and O–H groups in total. The number of aryl methyl sites for hydroxylation is 1. The molecule has 2 heterocycles. The fourth-order valence-electron chi connectivity index (χ4n) is 2.85. The van der Waals surface area contributed by atoms with Gasteiger partial charge in [-0.3, -0.25) is 14.3 Å². The van der Waals surface area contributed by atoms with Gasteiger partial charge in [-0.15, -0.1) is 0 Å². The summed E-state index contributed by atoms with van der Waals surface area (Å²) in [6, 6.07) is 4.22. The summed E-state index contributed by atoms with van der Waals surface area (Å²) in [5, 5.41) is 14.5. The Balaban J connectivity index is 2.00. The fraction of sp³-hybridized carbons (Fsp3) is 0.368. The van der Waals surface area contributed by atoms with Gasteiger partial charge in [-0.05, 0) is 26.0 Å². The number of imidazole rings is 1. The van der Waals surface area contributed by atoms with Gasteiger partial charge in [0.05, 0.1) is 36.6 Å². The molecule has 0 aliphatic rings. The van der Waals surface area contributed by atoms with Crippen LogP contribution < -0.4 is 16.7 Å². The molecule has 0 fully saturated rings. The number of aromatic amines is 1. The lowest BCUT2D eigenvalue weighted by Gasteiger charge is -2.15. The Kier molecular flexibility index (Phi) is 6.88. The number of nitrogens with one attached hydrogen (secondary N) is 2. The van der Waals surface area contributed by atoms with E-state index in [-0.39, 0.29) is 47.0 Å². The van der Waals surface area contributed by atoms with E-state index in [9.17, 15) is 19.1 Å². The molecule has 0 unspecified atom stereocenters. The molecular formula is C19H22ClFN6O4. The molecule has 0 amide bonds. The van der Waals surface area contributed by atoms with Crippen LogP contribution in [0.1, 0.15) is 19.4 Å². The number of aliphatic hydroxyl groups is 1. The van der Waals surface area contributed by atoms with E-state index in [4.69, 9.17) is 16.3 Å². The second kappa shape index (κ2) is 9.41. The zero-order chi connectivity index (χ0) is 22.7. The molecule has 0 aliphatic carbocycles. The van der Waals surface area contributed by atoms with Crippen LogP contribution in [0.25, 0.3) is 11.2 Å². The summed E-state index contributed by atoms with van der Waals surface area (Å²) < 4.78 is 21.9.